The zero-order chi connectivity index (χ0) is 12.6. The van der Waals surface area contributed by atoms with Crippen molar-refractivity contribution in [3.63, 3.8) is 0 Å². The number of amides is 3. The predicted octanol–water partition coefficient (Wildman–Crippen LogP) is -0.388. The molecule has 0 saturated carbocycles. The number of hydrazine groups is 3. The number of carbonyl (C=O) groups excluding carboxylic acids is 3. The van der Waals surface area contributed by atoms with Crippen LogP contribution < -0.4 is 16.3 Å². The van der Waals surface area contributed by atoms with Crippen LogP contribution in [0.3, 0.4) is 0 Å². The molecule has 0 aromatic carbocycles. The lowest BCUT2D eigenvalue weighted by Gasteiger charge is -2.23. The van der Waals surface area contributed by atoms with Gasteiger partial charge < -0.3 is 0 Å². The third-order valence-corrected chi connectivity index (χ3v) is 1.67. The molecule has 7 nitrogen and oxygen atoms in total. The Morgan fingerprint density at radius 3 is 1.19 bits per heavy atom. The lowest BCUT2D eigenvalue weighted by Crippen LogP contribution is -2.61. The number of carbonyl (C=O) groups is 3. The van der Waals surface area contributed by atoms with Crippen molar-refractivity contribution in [1.29, 1.82) is 0 Å². The van der Waals surface area contributed by atoms with Gasteiger partial charge >= 0.3 is 0 Å². The molecule has 16 heavy (non-hydrogen) atoms. The minimum Gasteiger partial charge on any atom is -0.274 e. The van der Waals surface area contributed by atoms with E-state index in [0.29, 0.717) is 0 Å². The maximum Gasteiger partial charge on any atom is 0.236 e. The number of rotatable bonds is 6. The highest BCUT2D eigenvalue weighted by Gasteiger charge is 2.12. The van der Waals surface area contributed by atoms with E-state index < -0.39 is 0 Å². The van der Waals surface area contributed by atoms with E-state index in [2.05, 4.69) is 16.3 Å². The van der Waals surface area contributed by atoms with Crippen LogP contribution >= 0.6 is 0 Å². The predicted molar refractivity (Wildman–Crippen MR) is 57.1 cm³/mol. The smallest absolute Gasteiger partial charge is 0.236 e. The second-order valence-electron chi connectivity index (χ2n) is 3.00. The zero-order valence-electron chi connectivity index (χ0n) is 9.79. The highest BCUT2D eigenvalue weighted by atomic mass is 16.2. The van der Waals surface area contributed by atoms with E-state index in [1.54, 1.807) is 20.8 Å². The Balaban J connectivity index is 4.31. The summed E-state index contributed by atoms with van der Waals surface area (Å²) >= 11 is 0. The van der Waals surface area contributed by atoms with Crippen LogP contribution in [0.2, 0.25) is 0 Å². The molecule has 3 amide bonds. The molecule has 0 saturated heterocycles. The summed E-state index contributed by atoms with van der Waals surface area (Å²) in [6.07, 6.45) is 0.751. The van der Waals surface area contributed by atoms with Crippen LogP contribution in [-0.4, -0.2) is 22.9 Å². The van der Waals surface area contributed by atoms with Crippen molar-refractivity contribution in [2.24, 2.45) is 0 Å². The summed E-state index contributed by atoms with van der Waals surface area (Å²) in [5.74, 6) is -0.937. The summed E-state index contributed by atoms with van der Waals surface area (Å²) in [5, 5.41) is 0.892. The molecule has 0 aliphatic rings. The third-order valence-electron chi connectivity index (χ3n) is 1.67. The van der Waals surface area contributed by atoms with Crippen LogP contribution in [0, 0.1) is 0 Å². The molecule has 0 unspecified atom stereocenters. The molecule has 0 aromatic rings. The molecule has 0 rings (SSSR count). The van der Waals surface area contributed by atoms with Crippen LogP contribution in [0.15, 0.2) is 0 Å². The Bertz CT molecular complexity index is 225. The van der Waals surface area contributed by atoms with E-state index in [9.17, 15) is 14.4 Å². The molecule has 7 heteroatoms. The molecule has 0 fully saturated rings. The van der Waals surface area contributed by atoms with E-state index in [1.165, 1.54) is 0 Å². The first-order chi connectivity index (χ1) is 7.53. The van der Waals surface area contributed by atoms with E-state index >= 15 is 0 Å². The average molecular weight is 230 g/mol. The quantitative estimate of drug-likeness (QED) is 0.542. The molecular weight excluding hydrogens is 212 g/mol. The summed E-state index contributed by atoms with van der Waals surface area (Å²) in [6.45, 7) is 4.99. The van der Waals surface area contributed by atoms with Gasteiger partial charge in [-0.15, -0.1) is 0 Å². The number of nitrogens with one attached hydrogen (secondary N) is 3. The van der Waals surface area contributed by atoms with Gasteiger partial charge in [-0.1, -0.05) is 20.8 Å². The first-order valence-corrected chi connectivity index (χ1v) is 5.22. The van der Waals surface area contributed by atoms with E-state index in [-0.39, 0.29) is 37.0 Å². The van der Waals surface area contributed by atoms with Crippen molar-refractivity contribution in [3.05, 3.63) is 0 Å². The third kappa shape index (κ3) is 5.97. The minimum atomic E-state index is -0.312. The Hall–Kier alpha value is -1.63. The molecule has 0 radical (unpaired) electrons. The van der Waals surface area contributed by atoms with Gasteiger partial charge in [-0.25, -0.2) is 0 Å². The zero-order valence-corrected chi connectivity index (χ0v) is 9.79. The standard InChI is InChI=1S/C9H18N4O3/c1-4-7(14)10-13(11-8(15)5-2)12-9(16)6-3/h4-6H2,1-3H3,(H,10,14)(H,11,15)(H,12,16). The summed E-state index contributed by atoms with van der Waals surface area (Å²) in [7, 11) is 0. The highest BCUT2D eigenvalue weighted by Crippen LogP contribution is 1.82. The average Bonchev–Trinajstić information content (AvgIpc) is 2.28. The van der Waals surface area contributed by atoms with Gasteiger partial charge in [-0.05, 0) is 5.23 Å². The summed E-state index contributed by atoms with van der Waals surface area (Å²) < 4.78 is 0. The van der Waals surface area contributed by atoms with Crippen LogP contribution in [0.5, 0.6) is 0 Å². The van der Waals surface area contributed by atoms with Crippen molar-refractivity contribution in [2.75, 3.05) is 0 Å². The molecule has 0 bridgehead atoms. The van der Waals surface area contributed by atoms with Crippen molar-refractivity contribution < 1.29 is 14.4 Å². The molecule has 0 aliphatic heterocycles. The van der Waals surface area contributed by atoms with Crippen molar-refractivity contribution in [1.82, 2.24) is 21.5 Å². The van der Waals surface area contributed by atoms with Gasteiger partial charge in [0.2, 0.25) is 17.7 Å². The van der Waals surface area contributed by atoms with Crippen LogP contribution in [-0.2, 0) is 14.4 Å². The molecule has 92 valence electrons. The van der Waals surface area contributed by atoms with Crippen LogP contribution in [0.4, 0.5) is 0 Å². The topological polar surface area (TPSA) is 90.5 Å². The first-order valence-electron chi connectivity index (χ1n) is 5.22. The van der Waals surface area contributed by atoms with E-state index in [0.717, 1.165) is 5.23 Å². The normalized spacial score (nSPS) is 9.75. The van der Waals surface area contributed by atoms with Gasteiger partial charge in [0.25, 0.3) is 0 Å². The van der Waals surface area contributed by atoms with Gasteiger partial charge in [0, 0.05) is 19.3 Å². The fraction of sp³-hybridized carbons (Fsp3) is 0.667. The highest BCUT2D eigenvalue weighted by molar-refractivity contribution is 5.79. The van der Waals surface area contributed by atoms with Crippen LogP contribution in [0.1, 0.15) is 40.0 Å². The second kappa shape index (κ2) is 7.63. The molecule has 0 aromatic heterocycles. The Morgan fingerprint density at radius 1 is 0.750 bits per heavy atom. The molecule has 0 atom stereocenters. The van der Waals surface area contributed by atoms with E-state index in [4.69, 9.17) is 0 Å². The number of hydrogen-bond donors (Lipinski definition) is 3. The molecule has 0 aliphatic carbocycles. The van der Waals surface area contributed by atoms with E-state index in [1.807, 2.05) is 0 Å². The minimum absolute atomic E-state index is 0.250. The van der Waals surface area contributed by atoms with Gasteiger partial charge in [0.1, 0.15) is 0 Å². The Labute approximate surface area is 94.5 Å². The SMILES string of the molecule is CCC(=O)NN(NC(=O)CC)NC(=O)CC. The lowest BCUT2D eigenvalue weighted by atomic mass is 10.5. The van der Waals surface area contributed by atoms with Crippen LogP contribution in [0.25, 0.3) is 0 Å². The van der Waals surface area contributed by atoms with Gasteiger partial charge in [-0.3, -0.25) is 30.7 Å². The maximum atomic E-state index is 11.1. The summed E-state index contributed by atoms with van der Waals surface area (Å²) in [5.41, 5.74) is 6.98. The monoisotopic (exact) mass is 230 g/mol. The Morgan fingerprint density at radius 2 is 1.00 bits per heavy atom. The molecule has 0 heterocycles. The van der Waals surface area contributed by atoms with Gasteiger partial charge in [0.05, 0.1) is 0 Å². The largest absolute Gasteiger partial charge is 0.274 e. The van der Waals surface area contributed by atoms with Gasteiger partial charge in [0.15, 0.2) is 0 Å². The summed E-state index contributed by atoms with van der Waals surface area (Å²) in [4.78, 5) is 33.3. The number of hydrogen-bond acceptors (Lipinski definition) is 4. The molecule has 3 N–H and O–H groups in total. The number of nitrogens with zero attached hydrogens (tertiary/aromatic N) is 1. The van der Waals surface area contributed by atoms with Crippen molar-refractivity contribution >= 4 is 17.7 Å². The fourth-order valence-electron chi connectivity index (χ4n) is 0.695. The van der Waals surface area contributed by atoms with Gasteiger partial charge in [-0.2, -0.15) is 0 Å². The Kier molecular flexibility index (Phi) is 6.86. The first kappa shape index (κ1) is 14.4. The lowest BCUT2D eigenvalue weighted by molar-refractivity contribution is -0.142. The van der Waals surface area contributed by atoms with Crippen molar-refractivity contribution in [3.8, 4) is 0 Å². The second-order valence-corrected chi connectivity index (χ2v) is 3.00. The summed E-state index contributed by atoms with van der Waals surface area (Å²) in [6, 6.07) is 0. The fourth-order valence-corrected chi connectivity index (χ4v) is 0.695. The molecular formula is C9H18N4O3. The van der Waals surface area contributed by atoms with Crippen molar-refractivity contribution in [2.45, 2.75) is 40.0 Å². The molecule has 0 spiro atoms. The maximum absolute atomic E-state index is 11.1.